The number of hydrogen-bond acceptors (Lipinski definition) is 2. The van der Waals surface area contributed by atoms with Crippen molar-refractivity contribution in [2.45, 2.75) is 6.54 Å². The fourth-order valence-corrected chi connectivity index (χ4v) is 3.30. The first kappa shape index (κ1) is 18.4. The molecule has 0 unspecified atom stereocenters. The number of carbonyl (C=O) groups excluding carboxylic acids is 1. The second-order valence-corrected chi connectivity index (χ2v) is 6.85. The lowest BCUT2D eigenvalue weighted by molar-refractivity contribution is -1.01. The van der Waals surface area contributed by atoms with Gasteiger partial charge in [-0.1, -0.05) is 48.5 Å². The normalized spacial score (nSPS) is 19.7. The van der Waals surface area contributed by atoms with E-state index in [4.69, 9.17) is 4.74 Å². The zero-order valence-corrected chi connectivity index (χ0v) is 15.2. The van der Waals surface area contributed by atoms with Crippen LogP contribution in [0.4, 0.5) is 0 Å². The molecule has 1 fully saturated rings. The second-order valence-electron chi connectivity index (χ2n) is 6.85. The van der Waals surface area contributed by atoms with Gasteiger partial charge in [0.05, 0.1) is 0 Å². The first-order chi connectivity index (χ1) is 12.8. The number of nitrogens with one attached hydrogen (secondary N) is 3. The van der Waals surface area contributed by atoms with E-state index in [0.29, 0.717) is 13.1 Å². The maximum absolute atomic E-state index is 12.1. The number of hydrogen-bond donors (Lipinski definition) is 3. The Morgan fingerprint density at radius 2 is 1.50 bits per heavy atom. The van der Waals surface area contributed by atoms with Crippen molar-refractivity contribution < 1.29 is 19.3 Å². The molecule has 0 radical (unpaired) electrons. The van der Waals surface area contributed by atoms with E-state index in [-0.39, 0.29) is 5.91 Å². The number of benzene rings is 2. The highest BCUT2D eigenvalue weighted by atomic mass is 16.5. The standard InChI is InChI=1S/C21H27N3O2/c25-21(22-17-19-7-3-1-4-8-19)18-24-13-11-23(12-14-24)15-16-26-20-9-5-2-6-10-20/h1-10H,11-18H2,(H,22,25)/p+2. The third-order valence-corrected chi connectivity index (χ3v) is 4.87. The van der Waals surface area contributed by atoms with Crippen LogP contribution in [0.2, 0.25) is 0 Å². The molecule has 1 aliphatic heterocycles. The summed E-state index contributed by atoms with van der Waals surface area (Å²) in [6.45, 7) is 7.22. The monoisotopic (exact) mass is 355 g/mol. The Morgan fingerprint density at radius 1 is 0.885 bits per heavy atom. The maximum atomic E-state index is 12.1. The van der Waals surface area contributed by atoms with Crippen LogP contribution in [0.1, 0.15) is 5.56 Å². The van der Waals surface area contributed by atoms with E-state index < -0.39 is 0 Å². The van der Waals surface area contributed by atoms with Gasteiger partial charge >= 0.3 is 0 Å². The molecular formula is C21H29N3O2+2. The minimum atomic E-state index is 0.139. The van der Waals surface area contributed by atoms with Gasteiger partial charge in [0.2, 0.25) is 0 Å². The van der Waals surface area contributed by atoms with Crippen LogP contribution >= 0.6 is 0 Å². The van der Waals surface area contributed by atoms with Crippen LogP contribution in [-0.4, -0.2) is 51.8 Å². The lowest BCUT2D eigenvalue weighted by Crippen LogP contribution is -3.28. The summed E-state index contributed by atoms with van der Waals surface area (Å²) in [5.41, 5.74) is 1.14. The smallest absolute Gasteiger partial charge is 0.275 e. The predicted molar refractivity (Wildman–Crippen MR) is 101 cm³/mol. The molecule has 0 aliphatic carbocycles. The van der Waals surface area contributed by atoms with E-state index in [2.05, 4.69) is 5.32 Å². The predicted octanol–water partition coefficient (Wildman–Crippen LogP) is -0.835. The summed E-state index contributed by atoms with van der Waals surface area (Å²) >= 11 is 0. The van der Waals surface area contributed by atoms with E-state index in [1.165, 1.54) is 4.90 Å². The van der Waals surface area contributed by atoms with Gasteiger partial charge in [0.15, 0.2) is 6.54 Å². The molecule has 3 N–H and O–H groups in total. The average Bonchev–Trinajstić information content (AvgIpc) is 2.69. The number of ether oxygens (including phenoxy) is 1. The van der Waals surface area contributed by atoms with Crippen molar-refractivity contribution in [2.75, 3.05) is 45.9 Å². The molecule has 0 bridgehead atoms. The van der Waals surface area contributed by atoms with Crippen molar-refractivity contribution in [3.8, 4) is 5.75 Å². The summed E-state index contributed by atoms with van der Waals surface area (Å²) in [6, 6.07) is 20.0. The lowest BCUT2D eigenvalue weighted by atomic mass is 10.2. The Labute approximate surface area is 155 Å². The van der Waals surface area contributed by atoms with E-state index in [1.54, 1.807) is 4.90 Å². The maximum Gasteiger partial charge on any atom is 0.275 e. The van der Waals surface area contributed by atoms with E-state index in [1.807, 2.05) is 60.7 Å². The average molecular weight is 355 g/mol. The fraction of sp³-hybridized carbons (Fsp3) is 0.381. The number of piperazine rings is 1. The number of amides is 1. The van der Waals surface area contributed by atoms with Crippen LogP contribution in [0.25, 0.3) is 0 Å². The summed E-state index contributed by atoms with van der Waals surface area (Å²) in [6.07, 6.45) is 0. The zero-order valence-electron chi connectivity index (χ0n) is 15.2. The number of rotatable bonds is 8. The number of para-hydroxylation sites is 1. The molecular weight excluding hydrogens is 326 g/mol. The number of carbonyl (C=O) groups is 1. The molecule has 138 valence electrons. The van der Waals surface area contributed by atoms with Crippen LogP contribution in [0.3, 0.4) is 0 Å². The third kappa shape index (κ3) is 6.17. The Hall–Kier alpha value is -2.37. The molecule has 5 heteroatoms. The van der Waals surface area contributed by atoms with Gasteiger partial charge in [-0.15, -0.1) is 0 Å². The lowest BCUT2D eigenvalue weighted by Gasteiger charge is -2.29. The molecule has 0 spiro atoms. The summed E-state index contributed by atoms with van der Waals surface area (Å²) in [5.74, 6) is 1.07. The summed E-state index contributed by atoms with van der Waals surface area (Å²) in [5, 5.41) is 3.02. The SMILES string of the molecule is O=C(C[NH+]1CC[NH+](CCOc2ccccc2)CC1)NCc1ccccc1. The van der Waals surface area contributed by atoms with Crippen molar-refractivity contribution in [3.05, 3.63) is 66.2 Å². The van der Waals surface area contributed by atoms with Gasteiger partial charge in [-0.25, -0.2) is 0 Å². The topological polar surface area (TPSA) is 47.2 Å². The molecule has 0 saturated carbocycles. The van der Waals surface area contributed by atoms with Gasteiger partial charge in [-0.3, -0.25) is 4.79 Å². The van der Waals surface area contributed by atoms with Gasteiger partial charge in [-0.05, 0) is 17.7 Å². The molecule has 5 nitrogen and oxygen atoms in total. The minimum absolute atomic E-state index is 0.139. The highest BCUT2D eigenvalue weighted by Crippen LogP contribution is 2.07. The van der Waals surface area contributed by atoms with Gasteiger partial charge in [-0.2, -0.15) is 0 Å². The summed E-state index contributed by atoms with van der Waals surface area (Å²) < 4.78 is 5.78. The van der Waals surface area contributed by atoms with Crippen molar-refractivity contribution >= 4 is 5.91 Å². The van der Waals surface area contributed by atoms with Crippen molar-refractivity contribution in [2.24, 2.45) is 0 Å². The van der Waals surface area contributed by atoms with E-state index in [0.717, 1.165) is 50.6 Å². The van der Waals surface area contributed by atoms with Crippen LogP contribution in [0.15, 0.2) is 60.7 Å². The highest BCUT2D eigenvalue weighted by molar-refractivity contribution is 5.76. The summed E-state index contributed by atoms with van der Waals surface area (Å²) in [4.78, 5) is 15.1. The molecule has 2 aromatic carbocycles. The molecule has 1 amide bonds. The Balaban J connectivity index is 1.29. The number of quaternary nitrogens is 2. The van der Waals surface area contributed by atoms with Crippen molar-refractivity contribution in [3.63, 3.8) is 0 Å². The van der Waals surface area contributed by atoms with Crippen LogP contribution < -0.4 is 19.9 Å². The Morgan fingerprint density at radius 3 is 2.19 bits per heavy atom. The molecule has 1 heterocycles. The molecule has 1 saturated heterocycles. The van der Waals surface area contributed by atoms with Crippen LogP contribution in [0, 0.1) is 0 Å². The second kappa shape index (κ2) is 9.94. The van der Waals surface area contributed by atoms with Gasteiger partial charge in [0.1, 0.15) is 45.1 Å². The first-order valence-corrected chi connectivity index (χ1v) is 9.45. The quantitative estimate of drug-likeness (QED) is 0.579. The molecule has 0 atom stereocenters. The highest BCUT2D eigenvalue weighted by Gasteiger charge is 2.24. The van der Waals surface area contributed by atoms with Crippen molar-refractivity contribution in [1.82, 2.24) is 5.32 Å². The van der Waals surface area contributed by atoms with Crippen LogP contribution in [0.5, 0.6) is 5.75 Å². The largest absolute Gasteiger partial charge is 0.488 e. The molecule has 2 aromatic rings. The van der Waals surface area contributed by atoms with Crippen molar-refractivity contribution in [1.29, 1.82) is 0 Å². The van der Waals surface area contributed by atoms with E-state index >= 15 is 0 Å². The Bertz CT molecular complexity index is 655. The van der Waals surface area contributed by atoms with Gasteiger partial charge < -0.3 is 19.9 Å². The Kier molecular flexibility index (Phi) is 7.05. The molecule has 26 heavy (non-hydrogen) atoms. The molecule has 0 aromatic heterocycles. The zero-order chi connectivity index (χ0) is 18.0. The first-order valence-electron chi connectivity index (χ1n) is 9.45. The van der Waals surface area contributed by atoms with Gasteiger partial charge in [0, 0.05) is 6.54 Å². The van der Waals surface area contributed by atoms with E-state index in [9.17, 15) is 4.79 Å². The third-order valence-electron chi connectivity index (χ3n) is 4.87. The summed E-state index contributed by atoms with van der Waals surface area (Å²) in [7, 11) is 0. The molecule has 3 rings (SSSR count). The fourth-order valence-electron chi connectivity index (χ4n) is 3.30. The van der Waals surface area contributed by atoms with Gasteiger partial charge in [0.25, 0.3) is 5.91 Å². The minimum Gasteiger partial charge on any atom is -0.488 e. The van der Waals surface area contributed by atoms with Crippen LogP contribution in [-0.2, 0) is 11.3 Å². The molecule has 1 aliphatic rings.